The third-order valence-corrected chi connectivity index (χ3v) is 2.60. The van der Waals surface area contributed by atoms with Crippen molar-refractivity contribution in [1.29, 1.82) is 5.26 Å². The molecule has 5 nitrogen and oxygen atoms in total. The molecule has 0 spiro atoms. The van der Waals surface area contributed by atoms with Gasteiger partial charge in [-0.05, 0) is 39.6 Å². The fourth-order valence-electron chi connectivity index (χ4n) is 1.80. The quantitative estimate of drug-likeness (QED) is 0.810. The van der Waals surface area contributed by atoms with Crippen LogP contribution in [-0.4, -0.2) is 48.3 Å². The Labute approximate surface area is 108 Å². The molecule has 1 aromatic rings. The molecule has 0 aliphatic rings. The van der Waals surface area contributed by atoms with Crippen molar-refractivity contribution in [3.63, 3.8) is 0 Å². The van der Waals surface area contributed by atoms with E-state index in [1.165, 1.54) is 0 Å². The third kappa shape index (κ3) is 3.99. The molecule has 0 radical (unpaired) electrons. The number of aromatic nitrogens is 1. The van der Waals surface area contributed by atoms with Crippen molar-refractivity contribution >= 4 is 5.82 Å². The molecule has 18 heavy (non-hydrogen) atoms. The van der Waals surface area contributed by atoms with Gasteiger partial charge in [0.25, 0.3) is 0 Å². The summed E-state index contributed by atoms with van der Waals surface area (Å²) in [5.41, 5.74) is 2.23. The summed E-state index contributed by atoms with van der Waals surface area (Å²) in [5, 5.41) is 21.8. The zero-order chi connectivity index (χ0) is 13.7. The predicted octanol–water partition coefficient (Wildman–Crippen LogP) is 0.905. The molecule has 0 saturated carbocycles. The Morgan fingerprint density at radius 3 is 2.67 bits per heavy atom. The first-order valence-corrected chi connectivity index (χ1v) is 5.89. The number of aliphatic hydroxyl groups excluding tert-OH is 1. The molecule has 5 heteroatoms. The fraction of sp³-hybridized carbons (Fsp3) is 0.538. The van der Waals surface area contributed by atoms with Gasteiger partial charge < -0.3 is 15.3 Å². The normalized spacial score (nSPS) is 12.3. The van der Waals surface area contributed by atoms with E-state index in [2.05, 4.69) is 16.4 Å². The summed E-state index contributed by atoms with van der Waals surface area (Å²) in [4.78, 5) is 6.22. The lowest BCUT2D eigenvalue weighted by atomic mass is 10.1. The van der Waals surface area contributed by atoms with Crippen LogP contribution in [0.3, 0.4) is 0 Å². The number of likely N-dealkylation sites (N-methyl/N-ethyl adjacent to an activating group) is 1. The van der Waals surface area contributed by atoms with Gasteiger partial charge in [0.2, 0.25) is 0 Å². The van der Waals surface area contributed by atoms with E-state index in [4.69, 9.17) is 5.26 Å². The number of nitrogens with one attached hydrogen (secondary N) is 1. The average molecular weight is 248 g/mol. The molecule has 0 aliphatic heterocycles. The summed E-state index contributed by atoms with van der Waals surface area (Å²) in [5.74, 6) is 0.696. The van der Waals surface area contributed by atoms with Gasteiger partial charge in [0, 0.05) is 13.1 Å². The topological polar surface area (TPSA) is 72.2 Å². The molecule has 0 aromatic carbocycles. The van der Waals surface area contributed by atoms with Crippen LogP contribution >= 0.6 is 0 Å². The Morgan fingerprint density at radius 2 is 2.17 bits per heavy atom. The Balaban J connectivity index is 2.67. The SMILES string of the molecule is Cc1cc(NCC(O)CN(C)C)nc(C)c1C#N. The van der Waals surface area contributed by atoms with Crippen LogP contribution in [0.1, 0.15) is 16.8 Å². The highest BCUT2D eigenvalue weighted by Crippen LogP contribution is 2.15. The molecule has 1 aromatic heterocycles. The summed E-state index contributed by atoms with van der Waals surface area (Å²) in [6, 6.07) is 3.96. The molecular weight excluding hydrogens is 228 g/mol. The minimum atomic E-state index is -0.446. The number of hydrogen-bond acceptors (Lipinski definition) is 5. The van der Waals surface area contributed by atoms with Crippen molar-refractivity contribution in [3.8, 4) is 6.07 Å². The molecule has 1 unspecified atom stereocenters. The van der Waals surface area contributed by atoms with Crippen molar-refractivity contribution < 1.29 is 5.11 Å². The van der Waals surface area contributed by atoms with E-state index < -0.39 is 6.10 Å². The molecule has 2 N–H and O–H groups in total. The van der Waals surface area contributed by atoms with E-state index in [1.54, 1.807) is 0 Å². The summed E-state index contributed by atoms with van der Waals surface area (Å²) >= 11 is 0. The lowest BCUT2D eigenvalue weighted by Gasteiger charge is -2.17. The smallest absolute Gasteiger partial charge is 0.126 e. The Hall–Kier alpha value is -1.64. The molecule has 1 rings (SSSR count). The van der Waals surface area contributed by atoms with E-state index in [0.29, 0.717) is 30.2 Å². The van der Waals surface area contributed by atoms with E-state index in [1.807, 2.05) is 38.9 Å². The van der Waals surface area contributed by atoms with Crippen molar-refractivity contribution in [2.75, 3.05) is 32.5 Å². The Kier molecular flexibility index (Phi) is 5.08. The van der Waals surface area contributed by atoms with Crippen LogP contribution in [0.25, 0.3) is 0 Å². The highest BCUT2D eigenvalue weighted by molar-refractivity contribution is 5.48. The molecule has 0 amide bonds. The number of aliphatic hydroxyl groups is 1. The number of nitriles is 1. The van der Waals surface area contributed by atoms with Crippen LogP contribution in [-0.2, 0) is 0 Å². The second-order valence-electron chi connectivity index (χ2n) is 4.69. The van der Waals surface area contributed by atoms with Gasteiger partial charge in [0.05, 0.1) is 17.4 Å². The number of pyridine rings is 1. The van der Waals surface area contributed by atoms with Crippen molar-refractivity contribution in [3.05, 3.63) is 22.9 Å². The highest BCUT2D eigenvalue weighted by atomic mass is 16.3. The number of hydrogen-bond donors (Lipinski definition) is 2. The van der Waals surface area contributed by atoms with Gasteiger partial charge in [-0.15, -0.1) is 0 Å². The predicted molar refractivity (Wildman–Crippen MR) is 71.5 cm³/mol. The maximum atomic E-state index is 9.74. The van der Waals surface area contributed by atoms with Gasteiger partial charge in [-0.25, -0.2) is 4.98 Å². The van der Waals surface area contributed by atoms with Gasteiger partial charge in [0.1, 0.15) is 11.9 Å². The highest BCUT2D eigenvalue weighted by Gasteiger charge is 2.08. The first-order valence-electron chi connectivity index (χ1n) is 5.89. The molecule has 0 aliphatic carbocycles. The number of aryl methyl sites for hydroxylation is 2. The Morgan fingerprint density at radius 1 is 1.50 bits per heavy atom. The molecule has 0 bridgehead atoms. The van der Waals surface area contributed by atoms with Crippen molar-refractivity contribution in [2.45, 2.75) is 20.0 Å². The zero-order valence-electron chi connectivity index (χ0n) is 11.4. The first-order chi connectivity index (χ1) is 8.43. The van der Waals surface area contributed by atoms with E-state index in [0.717, 1.165) is 5.56 Å². The average Bonchev–Trinajstić information content (AvgIpc) is 2.25. The minimum Gasteiger partial charge on any atom is -0.390 e. The van der Waals surface area contributed by atoms with Crippen molar-refractivity contribution in [2.24, 2.45) is 0 Å². The molecule has 0 saturated heterocycles. The Bertz CT molecular complexity index is 428. The lowest BCUT2D eigenvalue weighted by molar-refractivity contribution is 0.148. The second-order valence-corrected chi connectivity index (χ2v) is 4.69. The van der Waals surface area contributed by atoms with Crippen LogP contribution in [0.5, 0.6) is 0 Å². The number of anilines is 1. The monoisotopic (exact) mass is 248 g/mol. The van der Waals surface area contributed by atoms with Gasteiger partial charge in [0.15, 0.2) is 0 Å². The second kappa shape index (κ2) is 6.34. The summed E-state index contributed by atoms with van der Waals surface area (Å²) in [6.07, 6.45) is -0.446. The van der Waals surface area contributed by atoms with Crippen LogP contribution < -0.4 is 5.32 Å². The van der Waals surface area contributed by atoms with Crippen LogP contribution in [0, 0.1) is 25.2 Å². The van der Waals surface area contributed by atoms with Crippen LogP contribution in [0.4, 0.5) is 5.82 Å². The minimum absolute atomic E-state index is 0.440. The standard InChI is InChI=1S/C13H20N4O/c1-9-5-13(16-10(2)12(9)6-14)15-7-11(18)8-17(3)4/h5,11,18H,7-8H2,1-4H3,(H,15,16). The van der Waals surface area contributed by atoms with Gasteiger partial charge >= 0.3 is 0 Å². The zero-order valence-corrected chi connectivity index (χ0v) is 11.4. The van der Waals surface area contributed by atoms with Crippen molar-refractivity contribution in [1.82, 2.24) is 9.88 Å². The van der Waals surface area contributed by atoms with Crippen LogP contribution in [0.2, 0.25) is 0 Å². The van der Waals surface area contributed by atoms with E-state index >= 15 is 0 Å². The lowest BCUT2D eigenvalue weighted by Crippen LogP contribution is -2.31. The maximum absolute atomic E-state index is 9.74. The first kappa shape index (κ1) is 14.4. The molecule has 1 atom stereocenters. The molecule has 0 fully saturated rings. The summed E-state index contributed by atoms with van der Waals surface area (Å²) < 4.78 is 0. The number of nitrogens with zero attached hydrogens (tertiary/aromatic N) is 3. The summed E-state index contributed by atoms with van der Waals surface area (Å²) in [6.45, 7) is 4.73. The van der Waals surface area contributed by atoms with Crippen LogP contribution in [0.15, 0.2) is 6.07 Å². The fourth-order valence-corrected chi connectivity index (χ4v) is 1.80. The molecule has 98 valence electrons. The van der Waals surface area contributed by atoms with Gasteiger partial charge in [-0.3, -0.25) is 0 Å². The van der Waals surface area contributed by atoms with E-state index in [9.17, 15) is 5.11 Å². The summed E-state index contributed by atoms with van der Waals surface area (Å²) in [7, 11) is 3.83. The molecular formula is C13H20N4O. The third-order valence-electron chi connectivity index (χ3n) is 2.60. The number of rotatable bonds is 5. The molecule has 1 heterocycles. The van der Waals surface area contributed by atoms with Gasteiger partial charge in [-0.2, -0.15) is 5.26 Å². The van der Waals surface area contributed by atoms with Gasteiger partial charge in [-0.1, -0.05) is 0 Å². The van der Waals surface area contributed by atoms with E-state index in [-0.39, 0.29) is 0 Å². The largest absolute Gasteiger partial charge is 0.390 e. The maximum Gasteiger partial charge on any atom is 0.126 e.